The van der Waals surface area contributed by atoms with Crippen LogP contribution in [0.1, 0.15) is 164 Å². The van der Waals surface area contributed by atoms with Crippen molar-refractivity contribution in [3.63, 3.8) is 0 Å². The minimum Gasteiger partial charge on any atom is -0.458 e. The highest BCUT2D eigenvalue weighted by Crippen LogP contribution is 2.67. The van der Waals surface area contributed by atoms with Crippen LogP contribution in [0.5, 0.6) is 0 Å². The topological polar surface area (TPSA) is 26.3 Å². The summed E-state index contributed by atoms with van der Waals surface area (Å²) in [7, 11) is 0. The molecule has 0 radical (unpaired) electrons. The summed E-state index contributed by atoms with van der Waals surface area (Å²) in [6.07, 6.45) is 27.8. The second-order valence-electron chi connectivity index (χ2n) is 15.8. The molecule has 0 heterocycles. The second kappa shape index (κ2) is 15.5. The third-order valence-corrected chi connectivity index (χ3v) is 13.8. The van der Waals surface area contributed by atoms with E-state index in [4.69, 9.17) is 4.74 Å². The normalized spacial score (nSPS) is 35.4. The Balaban J connectivity index is 1.24. The Morgan fingerprint density at radius 2 is 1.63 bits per heavy atom. The van der Waals surface area contributed by atoms with E-state index in [1.165, 1.54) is 121 Å². The first-order valence-electron chi connectivity index (χ1n) is 18.2. The lowest BCUT2D eigenvalue weighted by atomic mass is 9.47. The summed E-state index contributed by atoms with van der Waals surface area (Å²) < 4.78 is 5.67. The van der Waals surface area contributed by atoms with Gasteiger partial charge in [-0.15, -0.1) is 0 Å². The molecule has 0 aromatic carbocycles. The number of carbonyl (C=O) groups is 1. The fraction of sp³-hybridized carbons (Fsp3) is 0.921. The Morgan fingerprint density at radius 1 is 0.902 bits per heavy atom. The van der Waals surface area contributed by atoms with Crippen molar-refractivity contribution in [2.45, 2.75) is 169 Å². The van der Waals surface area contributed by atoms with Crippen molar-refractivity contribution >= 4 is 17.1 Å². The van der Waals surface area contributed by atoms with E-state index in [-0.39, 0.29) is 5.30 Å². The number of rotatable bonds is 15. The molecule has 0 spiro atoms. The maximum absolute atomic E-state index is 12.7. The number of allylic oxidation sites excluding steroid dienone is 2. The van der Waals surface area contributed by atoms with Gasteiger partial charge in [0.05, 0.1) is 6.61 Å². The minimum atomic E-state index is -0.0243. The summed E-state index contributed by atoms with van der Waals surface area (Å²) >= 11 is 1.51. The van der Waals surface area contributed by atoms with E-state index in [1.54, 1.807) is 5.57 Å². The number of thioether (sulfide) groups is 1. The van der Waals surface area contributed by atoms with Crippen LogP contribution in [-0.2, 0) is 4.74 Å². The van der Waals surface area contributed by atoms with Crippen LogP contribution in [0.4, 0.5) is 4.79 Å². The maximum Gasteiger partial charge on any atom is 0.367 e. The smallest absolute Gasteiger partial charge is 0.367 e. The largest absolute Gasteiger partial charge is 0.458 e. The molecule has 0 aliphatic heterocycles. The molecule has 0 aromatic rings. The lowest BCUT2D eigenvalue weighted by molar-refractivity contribution is -0.0497. The fourth-order valence-corrected chi connectivity index (χ4v) is 11.2. The Bertz CT molecular complexity index is 849. The van der Waals surface area contributed by atoms with Gasteiger partial charge in [0.25, 0.3) is 0 Å². The summed E-state index contributed by atoms with van der Waals surface area (Å²) in [6, 6.07) is 0. The highest BCUT2D eigenvalue weighted by Gasteiger charge is 2.59. The Kier molecular flexibility index (Phi) is 12.7. The summed E-state index contributed by atoms with van der Waals surface area (Å²) in [6.45, 7) is 15.5. The van der Waals surface area contributed by atoms with Crippen LogP contribution in [0, 0.1) is 46.3 Å². The first kappa shape index (κ1) is 33.5. The van der Waals surface area contributed by atoms with Crippen molar-refractivity contribution in [2.24, 2.45) is 46.3 Å². The van der Waals surface area contributed by atoms with E-state index in [2.05, 4.69) is 47.6 Å². The lowest BCUT2D eigenvalue weighted by Gasteiger charge is -2.58. The SMILES string of the molecule is CCCCCCCCCCOC(=O)S[C@H]1CC[C@@]2(C)C(=CCC3C4CCC(C(C)CCCC(C)C)[C@@]4(C)CCC32)C1. The van der Waals surface area contributed by atoms with E-state index in [0.29, 0.717) is 22.7 Å². The number of carbonyl (C=O) groups excluding carboxylic acids is 1. The van der Waals surface area contributed by atoms with Gasteiger partial charge in [-0.1, -0.05) is 117 Å². The predicted molar refractivity (Wildman–Crippen MR) is 178 cm³/mol. The van der Waals surface area contributed by atoms with Crippen LogP contribution >= 0.6 is 11.8 Å². The zero-order valence-electron chi connectivity index (χ0n) is 28.0. The molecule has 2 nitrogen and oxygen atoms in total. The third kappa shape index (κ3) is 8.19. The van der Waals surface area contributed by atoms with Crippen molar-refractivity contribution in [3.8, 4) is 0 Å². The molecule has 3 saturated carbocycles. The summed E-state index contributed by atoms with van der Waals surface area (Å²) in [5.41, 5.74) is 2.62. The number of hydrogen-bond donors (Lipinski definition) is 0. The van der Waals surface area contributed by atoms with Crippen LogP contribution in [0.15, 0.2) is 11.6 Å². The van der Waals surface area contributed by atoms with E-state index >= 15 is 0 Å². The average Bonchev–Trinajstić information content (AvgIpc) is 3.29. The van der Waals surface area contributed by atoms with Crippen LogP contribution in [0.3, 0.4) is 0 Å². The van der Waals surface area contributed by atoms with Gasteiger partial charge in [0, 0.05) is 5.25 Å². The van der Waals surface area contributed by atoms with Gasteiger partial charge in [0.1, 0.15) is 0 Å². The molecule has 0 aromatic heterocycles. The van der Waals surface area contributed by atoms with Crippen LogP contribution in [0.25, 0.3) is 0 Å². The fourth-order valence-electron chi connectivity index (χ4n) is 10.3. The summed E-state index contributed by atoms with van der Waals surface area (Å²) in [5, 5.41) is 0.386. The third-order valence-electron chi connectivity index (χ3n) is 12.7. The first-order chi connectivity index (χ1) is 19.7. The van der Waals surface area contributed by atoms with E-state index in [0.717, 1.165) is 48.3 Å². The summed E-state index contributed by atoms with van der Waals surface area (Å²) in [5.74, 6) is 5.32. The van der Waals surface area contributed by atoms with Gasteiger partial charge >= 0.3 is 5.30 Å². The molecule has 0 bridgehead atoms. The molecule has 0 saturated heterocycles. The number of unbranched alkanes of at least 4 members (excludes halogenated alkanes) is 7. The molecule has 8 atom stereocenters. The Hall–Kier alpha value is -0.440. The van der Waals surface area contributed by atoms with Gasteiger partial charge in [-0.25, -0.2) is 4.79 Å². The van der Waals surface area contributed by atoms with Crippen LogP contribution in [0.2, 0.25) is 0 Å². The van der Waals surface area contributed by atoms with Crippen molar-refractivity contribution < 1.29 is 9.53 Å². The molecule has 0 N–H and O–H groups in total. The van der Waals surface area contributed by atoms with Crippen molar-refractivity contribution in [2.75, 3.05) is 6.61 Å². The van der Waals surface area contributed by atoms with Gasteiger partial charge in [-0.2, -0.15) is 0 Å². The van der Waals surface area contributed by atoms with E-state index in [9.17, 15) is 4.79 Å². The van der Waals surface area contributed by atoms with E-state index < -0.39 is 0 Å². The number of ether oxygens (including phenoxy) is 1. The molecule has 4 aliphatic carbocycles. The van der Waals surface area contributed by atoms with Crippen molar-refractivity contribution in [3.05, 3.63) is 11.6 Å². The summed E-state index contributed by atoms with van der Waals surface area (Å²) in [4.78, 5) is 12.7. The highest BCUT2D eigenvalue weighted by atomic mass is 32.2. The molecule has 0 amide bonds. The van der Waals surface area contributed by atoms with E-state index in [1.807, 2.05) is 0 Å². The first-order valence-corrected chi connectivity index (χ1v) is 19.1. The molecule has 236 valence electrons. The zero-order valence-corrected chi connectivity index (χ0v) is 28.8. The maximum atomic E-state index is 12.7. The monoisotopic (exact) mass is 586 g/mol. The van der Waals surface area contributed by atoms with Crippen LogP contribution < -0.4 is 0 Å². The van der Waals surface area contributed by atoms with Crippen molar-refractivity contribution in [1.29, 1.82) is 0 Å². The van der Waals surface area contributed by atoms with Gasteiger partial charge in [-0.05, 0) is 116 Å². The van der Waals surface area contributed by atoms with Crippen molar-refractivity contribution in [1.82, 2.24) is 0 Å². The number of fused-ring (bicyclic) bond motifs is 5. The van der Waals surface area contributed by atoms with Gasteiger partial charge in [0.15, 0.2) is 0 Å². The molecule has 3 fully saturated rings. The quantitative estimate of drug-likeness (QED) is 0.108. The van der Waals surface area contributed by atoms with Gasteiger partial charge < -0.3 is 4.74 Å². The molecule has 4 rings (SSSR count). The highest BCUT2D eigenvalue weighted by molar-refractivity contribution is 8.13. The predicted octanol–water partition coefficient (Wildman–Crippen LogP) is 12.4. The average molecular weight is 587 g/mol. The Labute approximate surface area is 259 Å². The zero-order chi connectivity index (χ0) is 29.5. The second-order valence-corrected chi connectivity index (χ2v) is 17.1. The van der Waals surface area contributed by atoms with Crippen LogP contribution in [-0.4, -0.2) is 17.2 Å². The molecular weight excluding hydrogens is 520 g/mol. The lowest BCUT2D eigenvalue weighted by Crippen LogP contribution is -2.50. The van der Waals surface area contributed by atoms with Gasteiger partial charge in [-0.3, -0.25) is 0 Å². The molecule has 5 unspecified atom stereocenters. The standard InChI is InChI=1S/C38H66O2S/c1-7-8-9-10-11-12-13-14-26-40-36(39)41-31-22-24-37(5)30(27-31)18-19-32-34-21-20-33(29(4)17-15-16-28(2)3)38(34,6)25-23-35(32)37/h18,28-29,31-35H,7-17,19-27H2,1-6H3/t29?,31-,32?,33?,34?,35?,37-,38+/m0/s1. The molecule has 41 heavy (non-hydrogen) atoms. The molecular formula is C38H66O2S. The molecule has 4 aliphatic rings. The molecule has 3 heteroatoms. The Morgan fingerprint density at radius 3 is 2.37 bits per heavy atom. The van der Waals surface area contributed by atoms with Gasteiger partial charge in [0.2, 0.25) is 0 Å². The minimum absolute atomic E-state index is 0.0243. The number of hydrogen-bond acceptors (Lipinski definition) is 3.